The van der Waals surface area contributed by atoms with Crippen LogP contribution in [0.2, 0.25) is 0 Å². The Bertz CT molecular complexity index is 676. The van der Waals surface area contributed by atoms with Gasteiger partial charge in [0, 0.05) is 11.8 Å². The van der Waals surface area contributed by atoms with E-state index in [0.717, 1.165) is 4.47 Å². The molecule has 1 heterocycles. The van der Waals surface area contributed by atoms with Crippen molar-refractivity contribution in [3.8, 4) is 11.5 Å². The van der Waals surface area contributed by atoms with Crippen molar-refractivity contribution in [2.24, 2.45) is 0 Å². The van der Waals surface area contributed by atoms with Gasteiger partial charge in [0.05, 0.1) is 16.1 Å². The van der Waals surface area contributed by atoms with Crippen LogP contribution in [0.5, 0.6) is 11.5 Å². The summed E-state index contributed by atoms with van der Waals surface area (Å²) in [4.78, 5) is 14.9. The molecule has 5 nitrogen and oxygen atoms in total. The molecule has 0 aliphatic carbocycles. The Hall–Kier alpha value is -1.60. The van der Waals surface area contributed by atoms with Gasteiger partial charge in [-0.2, -0.15) is 0 Å². The first kappa shape index (κ1) is 15.8. The minimum atomic E-state index is -1.08. The van der Waals surface area contributed by atoms with E-state index in [0.29, 0.717) is 21.5 Å². The molecule has 0 unspecified atom stereocenters. The molecule has 0 radical (unpaired) electrons. The van der Waals surface area contributed by atoms with Gasteiger partial charge in [-0.05, 0) is 50.1 Å². The Morgan fingerprint density at radius 1 is 1.29 bits per heavy atom. The lowest BCUT2D eigenvalue weighted by Crippen LogP contribution is -2.08. The van der Waals surface area contributed by atoms with E-state index in [1.54, 1.807) is 31.4 Å². The second-order valence-electron chi connectivity index (χ2n) is 4.02. The Balaban J connectivity index is 2.21. The van der Waals surface area contributed by atoms with Crippen LogP contribution in [0.25, 0.3) is 0 Å². The van der Waals surface area contributed by atoms with Crippen LogP contribution in [0.1, 0.15) is 16.1 Å². The number of nitrogens with zero attached hydrogens (tertiary/aromatic N) is 1. The van der Waals surface area contributed by atoms with Gasteiger partial charge in [-0.25, -0.2) is 9.78 Å². The number of aromatic nitrogens is 1. The Kier molecular flexibility index (Phi) is 5.19. The van der Waals surface area contributed by atoms with Gasteiger partial charge in [0.1, 0.15) is 18.1 Å². The van der Waals surface area contributed by atoms with Gasteiger partial charge in [0.2, 0.25) is 0 Å². The van der Waals surface area contributed by atoms with E-state index in [1.165, 1.54) is 6.20 Å². The van der Waals surface area contributed by atoms with Gasteiger partial charge < -0.3 is 14.6 Å². The molecule has 2 aromatic rings. The summed E-state index contributed by atoms with van der Waals surface area (Å²) < 4.78 is 12.3. The first-order valence-electron chi connectivity index (χ1n) is 5.86. The van der Waals surface area contributed by atoms with Gasteiger partial charge in [-0.15, -0.1) is 0 Å². The van der Waals surface area contributed by atoms with Gasteiger partial charge in [-0.1, -0.05) is 6.07 Å². The second-order valence-corrected chi connectivity index (χ2v) is 5.73. The summed E-state index contributed by atoms with van der Waals surface area (Å²) in [5.41, 5.74) is 0.491. The van der Waals surface area contributed by atoms with Crippen LogP contribution in [0.4, 0.5) is 0 Å². The van der Waals surface area contributed by atoms with Crippen LogP contribution in [-0.4, -0.2) is 23.2 Å². The van der Waals surface area contributed by atoms with Crippen molar-refractivity contribution in [1.29, 1.82) is 0 Å². The average Bonchev–Trinajstić information content (AvgIpc) is 2.47. The third kappa shape index (κ3) is 3.74. The normalized spacial score (nSPS) is 10.2. The molecule has 1 aromatic carbocycles. The zero-order valence-electron chi connectivity index (χ0n) is 11.0. The van der Waals surface area contributed by atoms with Gasteiger partial charge >= 0.3 is 5.97 Å². The quantitative estimate of drug-likeness (QED) is 0.800. The van der Waals surface area contributed by atoms with Crippen LogP contribution in [0.15, 0.2) is 39.4 Å². The summed E-state index contributed by atoms with van der Waals surface area (Å²) in [6, 6.07) is 6.85. The summed E-state index contributed by atoms with van der Waals surface area (Å²) in [6.07, 6.45) is 1.44. The van der Waals surface area contributed by atoms with E-state index in [2.05, 4.69) is 36.8 Å². The van der Waals surface area contributed by atoms with Crippen molar-refractivity contribution in [1.82, 2.24) is 4.98 Å². The van der Waals surface area contributed by atoms with Gasteiger partial charge in [-0.3, -0.25) is 0 Å². The topological polar surface area (TPSA) is 68.7 Å². The standard InChI is InChI=1S/C14H11Br2NO4/c1-20-11-5-10(16)12(6-9(11)15)21-7-8-3-2-4-17-13(8)14(18)19/h2-6H,7H2,1H3,(H,18,19). The predicted octanol–water partition coefficient (Wildman–Crippen LogP) is 3.89. The summed E-state index contributed by atoms with van der Waals surface area (Å²) in [7, 11) is 1.57. The highest BCUT2D eigenvalue weighted by molar-refractivity contribution is 9.11. The van der Waals surface area contributed by atoms with Crippen molar-refractivity contribution in [3.05, 3.63) is 50.7 Å². The number of methoxy groups -OCH3 is 1. The number of rotatable bonds is 5. The van der Waals surface area contributed by atoms with Crippen molar-refractivity contribution in [2.45, 2.75) is 6.61 Å². The molecule has 21 heavy (non-hydrogen) atoms. The molecule has 7 heteroatoms. The zero-order valence-corrected chi connectivity index (χ0v) is 14.1. The Morgan fingerprint density at radius 2 is 1.95 bits per heavy atom. The number of hydrogen-bond acceptors (Lipinski definition) is 4. The second kappa shape index (κ2) is 6.91. The maximum atomic E-state index is 11.1. The zero-order chi connectivity index (χ0) is 15.4. The molecule has 0 amide bonds. The number of carboxylic acid groups (broad SMARTS) is 1. The number of halogens is 2. The van der Waals surface area contributed by atoms with E-state index in [4.69, 9.17) is 14.6 Å². The molecule has 0 bridgehead atoms. The minimum Gasteiger partial charge on any atom is -0.496 e. The average molecular weight is 417 g/mol. The molecule has 2 rings (SSSR count). The van der Waals surface area contributed by atoms with E-state index in [9.17, 15) is 4.79 Å². The Morgan fingerprint density at radius 3 is 2.62 bits per heavy atom. The largest absolute Gasteiger partial charge is 0.496 e. The molecule has 0 saturated heterocycles. The number of hydrogen-bond donors (Lipinski definition) is 1. The number of ether oxygens (including phenoxy) is 2. The highest BCUT2D eigenvalue weighted by Crippen LogP contribution is 2.36. The van der Waals surface area contributed by atoms with Crippen LogP contribution in [-0.2, 0) is 6.61 Å². The molecule has 0 atom stereocenters. The molecule has 1 N–H and O–H groups in total. The fraction of sp³-hybridized carbons (Fsp3) is 0.143. The highest BCUT2D eigenvalue weighted by Gasteiger charge is 2.13. The van der Waals surface area contributed by atoms with Crippen LogP contribution in [0, 0.1) is 0 Å². The Labute approximate surface area is 138 Å². The van der Waals surface area contributed by atoms with E-state index >= 15 is 0 Å². The van der Waals surface area contributed by atoms with E-state index < -0.39 is 5.97 Å². The summed E-state index contributed by atoms with van der Waals surface area (Å²) in [5.74, 6) is 0.161. The van der Waals surface area contributed by atoms with Gasteiger partial charge in [0.15, 0.2) is 5.69 Å². The molecule has 0 saturated carbocycles. The number of benzene rings is 1. The molecule has 0 aliphatic heterocycles. The lowest BCUT2D eigenvalue weighted by Gasteiger charge is -2.12. The molecule has 0 spiro atoms. The van der Waals surface area contributed by atoms with Crippen molar-refractivity contribution < 1.29 is 19.4 Å². The maximum Gasteiger partial charge on any atom is 0.354 e. The first-order valence-corrected chi connectivity index (χ1v) is 7.44. The maximum absolute atomic E-state index is 11.1. The third-order valence-electron chi connectivity index (χ3n) is 2.68. The van der Waals surface area contributed by atoms with Crippen molar-refractivity contribution >= 4 is 37.8 Å². The van der Waals surface area contributed by atoms with Crippen molar-refractivity contribution in [2.75, 3.05) is 7.11 Å². The molecular formula is C14H11Br2NO4. The molecule has 110 valence electrons. The fourth-order valence-electron chi connectivity index (χ4n) is 1.68. The number of pyridine rings is 1. The third-order valence-corrected chi connectivity index (χ3v) is 3.92. The number of carbonyl (C=O) groups is 1. The van der Waals surface area contributed by atoms with Crippen LogP contribution in [0.3, 0.4) is 0 Å². The SMILES string of the molecule is COc1cc(Br)c(OCc2cccnc2C(=O)O)cc1Br. The van der Waals surface area contributed by atoms with E-state index in [-0.39, 0.29) is 12.3 Å². The smallest absolute Gasteiger partial charge is 0.354 e. The first-order chi connectivity index (χ1) is 10.0. The van der Waals surface area contributed by atoms with E-state index in [1.807, 2.05) is 0 Å². The molecular weight excluding hydrogens is 406 g/mol. The number of carboxylic acids is 1. The van der Waals surface area contributed by atoms with Crippen LogP contribution >= 0.6 is 31.9 Å². The molecule has 1 aromatic heterocycles. The lowest BCUT2D eigenvalue weighted by molar-refractivity contribution is 0.0687. The predicted molar refractivity (Wildman–Crippen MR) is 83.9 cm³/mol. The molecule has 0 aliphatic rings. The van der Waals surface area contributed by atoms with Crippen LogP contribution < -0.4 is 9.47 Å². The summed E-state index contributed by atoms with van der Waals surface area (Å²) >= 11 is 6.76. The number of aromatic carboxylic acids is 1. The fourth-order valence-corrected chi connectivity index (χ4v) is 2.60. The van der Waals surface area contributed by atoms with Gasteiger partial charge in [0.25, 0.3) is 0 Å². The summed E-state index contributed by atoms with van der Waals surface area (Å²) in [5, 5.41) is 9.08. The minimum absolute atomic E-state index is 0.0128. The van der Waals surface area contributed by atoms with Crippen molar-refractivity contribution in [3.63, 3.8) is 0 Å². The monoisotopic (exact) mass is 415 g/mol. The summed E-state index contributed by atoms with van der Waals surface area (Å²) in [6.45, 7) is 0.104. The lowest BCUT2D eigenvalue weighted by atomic mass is 10.2. The highest BCUT2D eigenvalue weighted by atomic mass is 79.9. The molecule has 0 fully saturated rings.